The summed E-state index contributed by atoms with van der Waals surface area (Å²) in [6.45, 7) is 0. The van der Waals surface area contributed by atoms with E-state index < -0.39 is 10.0 Å². The number of pyridine rings is 1. The normalized spacial score (nSPS) is 13.1. The Hall–Kier alpha value is -1.37. The van der Waals surface area contributed by atoms with Crippen molar-refractivity contribution in [1.82, 2.24) is 9.71 Å². The molecule has 0 aliphatic heterocycles. The fourth-order valence-electron chi connectivity index (χ4n) is 1.81. The highest BCUT2D eigenvalue weighted by atomic mass is 32.2. The van der Waals surface area contributed by atoms with E-state index in [4.69, 9.17) is 0 Å². The van der Waals surface area contributed by atoms with Gasteiger partial charge in [0.2, 0.25) is 10.0 Å². The number of nitrogens with zero attached hydrogens (tertiary/aromatic N) is 1. The van der Waals surface area contributed by atoms with Gasteiger partial charge in [-0.05, 0) is 24.0 Å². The molecule has 0 aliphatic carbocycles. The molecule has 0 bridgehead atoms. The van der Waals surface area contributed by atoms with E-state index in [0.717, 1.165) is 5.56 Å². The van der Waals surface area contributed by atoms with Gasteiger partial charge in [0.1, 0.15) is 4.90 Å². The highest BCUT2D eigenvalue weighted by Crippen LogP contribution is 2.20. The van der Waals surface area contributed by atoms with Crippen LogP contribution >= 0.6 is 11.8 Å². The van der Waals surface area contributed by atoms with Crippen molar-refractivity contribution in [3.63, 3.8) is 0 Å². The van der Waals surface area contributed by atoms with Crippen molar-refractivity contribution in [2.45, 2.75) is 10.9 Å². The number of thioether (sulfide) groups is 1. The van der Waals surface area contributed by atoms with Crippen LogP contribution in [-0.4, -0.2) is 25.4 Å². The van der Waals surface area contributed by atoms with Gasteiger partial charge in [-0.3, -0.25) is 4.98 Å². The molecule has 0 aliphatic rings. The van der Waals surface area contributed by atoms with Crippen molar-refractivity contribution < 1.29 is 8.42 Å². The Morgan fingerprint density at radius 1 is 1.20 bits per heavy atom. The minimum atomic E-state index is -3.56. The van der Waals surface area contributed by atoms with Gasteiger partial charge in [0.25, 0.3) is 0 Å². The zero-order valence-electron chi connectivity index (χ0n) is 11.1. The van der Waals surface area contributed by atoms with Crippen LogP contribution in [0.4, 0.5) is 0 Å². The lowest BCUT2D eigenvalue weighted by molar-refractivity contribution is 0.568. The third-order valence-corrected chi connectivity index (χ3v) is 4.90. The summed E-state index contributed by atoms with van der Waals surface area (Å²) < 4.78 is 27.4. The summed E-state index contributed by atoms with van der Waals surface area (Å²) in [7, 11) is -3.56. The molecule has 20 heavy (non-hydrogen) atoms. The van der Waals surface area contributed by atoms with Gasteiger partial charge in [0.05, 0.1) is 6.04 Å². The maximum Gasteiger partial charge on any atom is 0.242 e. The Kier molecular flexibility index (Phi) is 5.17. The summed E-state index contributed by atoms with van der Waals surface area (Å²) in [6.07, 6.45) is 4.85. The van der Waals surface area contributed by atoms with E-state index in [9.17, 15) is 8.42 Å². The zero-order chi connectivity index (χ0) is 14.4. The van der Waals surface area contributed by atoms with E-state index in [1.807, 2.05) is 36.6 Å². The molecule has 4 nitrogen and oxygen atoms in total. The predicted molar refractivity (Wildman–Crippen MR) is 82.1 cm³/mol. The van der Waals surface area contributed by atoms with Gasteiger partial charge in [-0.2, -0.15) is 11.8 Å². The number of hydrogen-bond donors (Lipinski definition) is 1. The second kappa shape index (κ2) is 6.88. The molecule has 0 fully saturated rings. The number of sulfonamides is 1. The van der Waals surface area contributed by atoms with Gasteiger partial charge in [-0.25, -0.2) is 13.1 Å². The molecule has 1 aromatic heterocycles. The smallest absolute Gasteiger partial charge is 0.242 e. The highest BCUT2D eigenvalue weighted by molar-refractivity contribution is 7.98. The van der Waals surface area contributed by atoms with E-state index in [-0.39, 0.29) is 10.9 Å². The molecule has 1 N–H and O–H groups in total. The summed E-state index contributed by atoms with van der Waals surface area (Å²) in [5.41, 5.74) is 0.953. The van der Waals surface area contributed by atoms with Gasteiger partial charge in [0.15, 0.2) is 0 Å². The fraction of sp³-hybridized carbons (Fsp3) is 0.214. The van der Waals surface area contributed by atoms with E-state index >= 15 is 0 Å². The maximum atomic E-state index is 12.3. The van der Waals surface area contributed by atoms with Gasteiger partial charge in [0, 0.05) is 18.1 Å². The van der Waals surface area contributed by atoms with Crippen molar-refractivity contribution in [2.24, 2.45) is 0 Å². The van der Waals surface area contributed by atoms with Crippen LogP contribution in [0, 0.1) is 0 Å². The summed E-state index contributed by atoms with van der Waals surface area (Å²) in [5, 5.41) is 0. The molecular formula is C14H16N2O2S2. The minimum absolute atomic E-state index is 0.182. The Balaban J connectivity index is 2.25. The fourth-order valence-corrected chi connectivity index (χ4v) is 3.71. The molecule has 0 amide bonds. The van der Waals surface area contributed by atoms with Crippen molar-refractivity contribution in [3.8, 4) is 0 Å². The maximum absolute atomic E-state index is 12.3. The number of benzene rings is 1. The molecule has 1 heterocycles. The van der Waals surface area contributed by atoms with Crippen LogP contribution in [0.1, 0.15) is 11.6 Å². The summed E-state index contributed by atoms with van der Waals surface area (Å²) in [5.74, 6) is 0.670. The Morgan fingerprint density at radius 3 is 2.55 bits per heavy atom. The molecule has 2 rings (SSSR count). The first-order chi connectivity index (χ1) is 9.63. The third-order valence-electron chi connectivity index (χ3n) is 2.78. The molecule has 1 aromatic carbocycles. The number of nitrogens with one attached hydrogen (secondary N) is 1. The lowest BCUT2D eigenvalue weighted by atomic mass is 10.1. The average Bonchev–Trinajstić information content (AvgIpc) is 2.48. The molecule has 6 heteroatoms. The molecule has 0 saturated carbocycles. The van der Waals surface area contributed by atoms with Crippen molar-refractivity contribution in [2.75, 3.05) is 12.0 Å². The first kappa shape index (κ1) is 15.0. The van der Waals surface area contributed by atoms with Crippen LogP contribution < -0.4 is 4.72 Å². The molecule has 1 atom stereocenters. The average molecular weight is 308 g/mol. The van der Waals surface area contributed by atoms with Crippen LogP contribution in [0.3, 0.4) is 0 Å². The Labute approximate surface area is 123 Å². The van der Waals surface area contributed by atoms with Gasteiger partial charge in [-0.1, -0.05) is 30.3 Å². The second-order valence-corrected chi connectivity index (χ2v) is 6.85. The van der Waals surface area contributed by atoms with Crippen molar-refractivity contribution in [1.29, 1.82) is 0 Å². The lowest BCUT2D eigenvalue weighted by Gasteiger charge is -2.18. The van der Waals surface area contributed by atoms with Crippen molar-refractivity contribution in [3.05, 3.63) is 60.4 Å². The SMILES string of the molecule is CSC[C@@H](NS(=O)(=O)c1cccnc1)c1ccccc1. The van der Waals surface area contributed by atoms with Crippen LogP contribution in [0.15, 0.2) is 59.8 Å². The third kappa shape index (κ3) is 3.82. The predicted octanol–water partition coefficient (Wildman–Crippen LogP) is 2.46. The number of aromatic nitrogens is 1. The molecule has 0 saturated heterocycles. The standard InChI is InChI=1S/C14H16N2O2S2/c1-19-11-14(12-6-3-2-4-7-12)16-20(17,18)13-8-5-9-15-10-13/h2-10,14,16H,11H2,1H3/t14-/m1/s1. The summed E-state index contributed by atoms with van der Waals surface area (Å²) in [6, 6.07) is 12.5. The molecule has 0 unspecified atom stereocenters. The summed E-state index contributed by atoms with van der Waals surface area (Å²) in [4.78, 5) is 4.04. The molecule has 0 radical (unpaired) electrons. The van der Waals surface area contributed by atoms with Crippen LogP contribution in [-0.2, 0) is 10.0 Å². The largest absolute Gasteiger partial charge is 0.263 e. The van der Waals surface area contributed by atoms with Gasteiger partial charge >= 0.3 is 0 Å². The molecule has 106 valence electrons. The topological polar surface area (TPSA) is 59.1 Å². The Bertz CT molecular complexity index is 631. The minimum Gasteiger partial charge on any atom is -0.263 e. The molecule has 0 spiro atoms. The quantitative estimate of drug-likeness (QED) is 0.890. The van der Waals surface area contributed by atoms with E-state index in [2.05, 4.69) is 9.71 Å². The number of hydrogen-bond acceptors (Lipinski definition) is 4. The first-order valence-corrected chi connectivity index (χ1v) is 8.97. The lowest BCUT2D eigenvalue weighted by Crippen LogP contribution is -2.30. The van der Waals surface area contributed by atoms with Crippen LogP contribution in [0.25, 0.3) is 0 Å². The van der Waals surface area contributed by atoms with Crippen molar-refractivity contribution >= 4 is 21.8 Å². The second-order valence-electron chi connectivity index (χ2n) is 4.23. The number of rotatable bonds is 6. The molecular weight excluding hydrogens is 292 g/mol. The van der Waals surface area contributed by atoms with Gasteiger partial charge < -0.3 is 0 Å². The van der Waals surface area contributed by atoms with E-state index in [1.165, 1.54) is 12.3 Å². The zero-order valence-corrected chi connectivity index (χ0v) is 12.7. The monoisotopic (exact) mass is 308 g/mol. The van der Waals surface area contributed by atoms with E-state index in [0.29, 0.717) is 5.75 Å². The van der Waals surface area contributed by atoms with E-state index in [1.54, 1.807) is 24.0 Å². The highest BCUT2D eigenvalue weighted by Gasteiger charge is 2.21. The van der Waals surface area contributed by atoms with Crippen LogP contribution in [0.5, 0.6) is 0 Å². The first-order valence-electron chi connectivity index (χ1n) is 6.10. The van der Waals surface area contributed by atoms with Crippen LogP contribution in [0.2, 0.25) is 0 Å². The summed E-state index contributed by atoms with van der Waals surface area (Å²) >= 11 is 1.60. The molecule has 2 aromatic rings. The Morgan fingerprint density at radius 2 is 1.95 bits per heavy atom. The van der Waals surface area contributed by atoms with Gasteiger partial charge in [-0.15, -0.1) is 0 Å².